The van der Waals surface area contributed by atoms with Crippen molar-refractivity contribution >= 4 is 17.7 Å². The minimum Gasteiger partial charge on any atom is -0.480 e. The van der Waals surface area contributed by atoms with Gasteiger partial charge in [0.1, 0.15) is 11.7 Å². The molecule has 1 rings (SSSR count). The smallest absolute Gasteiger partial charge is 0.326 e. The maximum absolute atomic E-state index is 12.0. The average Bonchev–Trinajstić information content (AvgIpc) is 2.85. The zero-order chi connectivity index (χ0) is 16.9. The fraction of sp³-hybridized carbons (Fsp3) is 0.533. The van der Waals surface area contributed by atoms with Gasteiger partial charge in [-0.05, 0) is 33.8 Å². The molecule has 0 aromatic carbocycles. The van der Waals surface area contributed by atoms with Gasteiger partial charge in [0.05, 0.1) is 5.60 Å². The summed E-state index contributed by atoms with van der Waals surface area (Å²) in [4.78, 5) is 37.0. The van der Waals surface area contributed by atoms with Gasteiger partial charge >= 0.3 is 5.97 Å². The number of hydrogen-bond donors (Lipinski definition) is 3. The number of carbonyl (C=O) groups excluding carboxylic acids is 2. The number of amides is 1. The van der Waals surface area contributed by atoms with E-state index in [0.29, 0.717) is 5.56 Å². The SMILES string of the molecule is CC(=O)c1c[nH]c(C(=O)NC(CCOC(C)(C)C)C(=O)O)c1. The van der Waals surface area contributed by atoms with Gasteiger partial charge in [0.2, 0.25) is 0 Å². The van der Waals surface area contributed by atoms with Crippen LogP contribution in [0.1, 0.15) is 55.0 Å². The molecule has 0 saturated carbocycles. The van der Waals surface area contributed by atoms with E-state index in [0.717, 1.165) is 0 Å². The molecule has 0 radical (unpaired) electrons. The standard InChI is InChI=1S/C15H22N2O5/c1-9(18)10-7-12(16-8-10)13(19)17-11(14(20)21)5-6-22-15(2,3)4/h7-8,11,16H,5-6H2,1-4H3,(H,17,19)(H,20,21). The van der Waals surface area contributed by atoms with Crippen molar-refractivity contribution in [2.24, 2.45) is 0 Å². The Morgan fingerprint density at radius 3 is 2.45 bits per heavy atom. The van der Waals surface area contributed by atoms with Crippen molar-refractivity contribution in [3.05, 3.63) is 23.5 Å². The first kappa shape index (κ1) is 17.9. The van der Waals surface area contributed by atoms with E-state index in [4.69, 9.17) is 9.84 Å². The van der Waals surface area contributed by atoms with Crippen molar-refractivity contribution < 1.29 is 24.2 Å². The molecule has 7 nitrogen and oxygen atoms in total. The van der Waals surface area contributed by atoms with Gasteiger partial charge in [0.15, 0.2) is 5.78 Å². The molecule has 0 fully saturated rings. The zero-order valence-electron chi connectivity index (χ0n) is 13.2. The summed E-state index contributed by atoms with van der Waals surface area (Å²) in [6, 6.07) is 0.335. The number of aromatic amines is 1. The first-order valence-corrected chi connectivity index (χ1v) is 6.97. The molecule has 0 aliphatic carbocycles. The van der Waals surface area contributed by atoms with Crippen LogP contribution in [0, 0.1) is 0 Å². The second kappa shape index (κ2) is 7.22. The van der Waals surface area contributed by atoms with Crippen LogP contribution in [-0.2, 0) is 9.53 Å². The summed E-state index contributed by atoms with van der Waals surface area (Å²) in [7, 11) is 0. The minimum absolute atomic E-state index is 0.146. The number of carboxylic acids is 1. The van der Waals surface area contributed by atoms with Crippen LogP contribution in [0.25, 0.3) is 0 Å². The van der Waals surface area contributed by atoms with Crippen molar-refractivity contribution in [3.8, 4) is 0 Å². The van der Waals surface area contributed by atoms with Crippen molar-refractivity contribution in [2.75, 3.05) is 6.61 Å². The quantitative estimate of drug-likeness (QED) is 0.663. The third kappa shape index (κ3) is 5.69. The number of aromatic nitrogens is 1. The lowest BCUT2D eigenvalue weighted by Crippen LogP contribution is -2.42. The number of hydrogen-bond acceptors (Lipinski definition) is 4. The first-order chi connectivity index (χ1) is 10.1. The fourth-order valence-corrected chi connectivity index (χ4v) is 1.71. The molecule has 1 aromatic rings. The molecule has 0 spiro atoms. The maximum Gasteiger partial charge on any atom is 0.326 e. The van der Waals surface area contributed by atoms with Crippen LogP contribution in [-0.4, -0.2) is 46.0 Å². The van der Waals surface area contributed by atoms with Crippen molar-refractivity contribution in [1.82, 2.24) is 10.3 Å². The molecule has 0 aliphatic rings. The van der Waals surface area contributed by atoms with E-state index < -0.39 is 17.9 Å². The Hall–Kier alpha value is -2.15. The normalized spacial score (nSPS) is 12.7. The van der Waals surface area contributed by atoms with Gasteiger partial charge < -0.3 is 20.1 Å². The lowest BCUT2D eigenvalue weighted by Gasteiger charge is -2.21. The molecule has 0 bridgehead atoms. The van der Waals surface area contributed by atoms with Gasteiger partial charge in [-0.3, -0.25) is 9.59 Å². The highest BCUT2D eigenvalue weighted by atomic mass is 16.5. The van der Waals surface area contributed by atoms with E-state index in [1.54, 1.807) is 0 Å². The molecular weight excluding hydrogens is 288 g/mol. The largest absolute Gasteiger partial charge is 0.480 e. The van der Waals surface area contributed by atoms with Gasteiger partial charge in [-0.2, -0.15) is 0 Å². The monoisotopic (exact) mass is 310 g/mol. The molecule has 1 atom stereocenters. The molecular formula is C15H22N2O5. The molecule has 0 aliphatic heterocycles. The van der Waals surface area contributed by atoms with E-state index in [1.807, 2.05) is 20.8 Å². The van der Waals surface area contributed by atoms with Gasteiger partial charge in [0, 0.05) is 24.8 Å². The predicted molar refractivity (Wildman–Crippen MR) is 80.0 cm³/mol. The van der Waals surface area contributed by atoms with Gasteiger partial charge in [-0.25, -0.2) is 4.79 Å². The number of carbonyl (C=O) groups is 3. The van der Waals surface area contributed by atoms with Crippen molar-refractivity contribution in [1.29, 1.82) is 0 Å². The van der Waals surface area contributed by atoms with Crippen molar-refractivity contribution in [3.63, 3.8) is 0 Å². The van der Waals surface area contributed by atoms with Crippen LogP contribution in [0.15, 0.2) is 12.3 Å². The van der Waals surface area contributed by atoms with Crippen LogP contribution >= 0.6 is 0 Å². The Bertz CT molecular complexity index is 557. The predicted octanol–water partition coefficient (Wildman–Crippen LogP) is 1.61. The molecule has 1 heterocycles. The molecule has 7 heteroatoms. The zero-order valence-corrected chi connectivity index (χ0v) is 13.2. The molecule has 1 unspecified atom stereocenters. The Labute approximate surface area is 129 Å². The van der Waals surface area contributed by atoms with Crippen molar-refractivity contribution in [2.45, 2.75) is 45.8 Å². The lowest BCUT2D eigenvalue weighted by molar-refractivity contribution is -0.140. The number of H-pyrrole nitrogens is 1. The van der Waals surface area contributed by atoms with Crippen LogP contribution in [0.4, 0.5) is 0 Å². The summed E-state index contributed by atoms with van der Waals surface area (Å²) in [5.74, 6) is -1.89. The number of Topliss-reactive ketones (excluding diaryl/α,β-unsaturated/α-hetero) is 1. The van der Waals surface area contributed by atoms with Crippen LogP contribution < -0.4 is 5.32 Å². The summed E-state index contributed by atoms with van der Waals surface area (Å²) >= 11 is 0. The molecule has 122 valence electrons. The number of ketones is 1. The van der Waals surface area contributed by atoms with Crippen LogP contribution in [0.3, 0.4) is 0 Å². The summed E-state index contributed by atoms with van der Waals surface area (Å²) in [5.41, 5.74) is 0.143. The summed E-state index contributed by atoms with van der Waals surface area (Å²) in [6.45, 7) is 7.19. The van der Waals surface area contributed by atoms with Gasteiger partial charge in [-0.1, -0.05) is 0 Å². The topological polar surface area (TPSA) is 108 Å². The van der Waals surface area contributed by atoms with E-state index in [-0.39, 0.29) is 30.1 Å². The van der Waals surface area contributed by atoms with Gasteiger partial charge in [-0.15, -0.1) is 0 Å². The molecule has 1 aromatic heterocycles. The Balaban J connectivity index is 2.63. The molecule has 1 amide bonds. The number of rotatable bonds is 7. The lowest BCUT2D eigenvalue weighted by atomic mass is 10.1. The summed E-state index contributed by atoms with van der Waals surface area (Å²) < 4.78 is 5.47. The van der Waals surface area contributed by atoms with E-state index in [2.05, 4.69) is 10.3 Å². The number of carboxylic acid groups (broad SMARTS) is 1. The van der Waals surface area contributed by atoms with Crippen LogP contribution in [0.5, 0.6) is 0 Å². The Kier molecular flexibility index (Phi) is 5.87. The van der Waals surface area contributed by atoms with Crippen LogP contribution in [0.2, 0.25) is 0 Å². The third-order valence-corrected chi connectivity index (χ3v) is 2.88. The molecule has 22 heavy (non-hydrogen) atoms. The maximum atomic E-state index is 12.0. The number of nitrogens with one attached hydrogen (secondary N) is 2. The van der Waals surface area contributed by atoms with E-state index in [1.165, 1.54) is 19.2 Å². The summed E-state index contributed by atoms with van der Waals surface area (Å²) in [6.07, 6.45) is 1.56. The molecule has 0 saturated heterocycles. The second-order valence-electron chi connectivity index (χ2n) is 5.97. The third-order valence-electron chi connectivity index (χ3n) is 2.88. The van der Waals surface area contributed by atoms with E-state index >= 15 is 0 Å². The Morgan fingerprint density at radius 2 is 2.00 bits per heavy atom. The first-order valence-electron chi connectivity index (χ1n) is 6.97. The second-order valence-corrected chi connectivity index (χ2v) is 5.97. The van der Waals surface area contributed by atoms with E-state index in [9.17, 15) is 14.4 Å². The highest BCUT2D eigenvalue weighted by Gasteiger charge is 2.22. The highest BCUT2D eigenvalue weighted by molar-refractivity contribution is 6.00. The Morgan fingerprint density at radius 1 is 1.36 bits per heavy atom. The minimum atomic E-state index is -1.13. The fourth-order valence-electron chi connectivity index (χ4n) is 1.71. The number of aliphatic carboxylic acids is 1. The number of ether oxygens (including phenoxy) is 1. The summed E-state index contributed by atoms with van der Waals surface area (Å²) in [5, 5.41) is 11.6. The highest BCUT2D eigenvalue weighted by Crippen LogP contribution is 2.09. The van der Waals surface area contributed by atoms with Gasteiger partial charge in [0.25, 0.3) is 5.91 Å². The molecule has 3 N–H and O–H groups in total. The average molecular weight is 310 g/mol.